The van der Waals surface area contributed by atoms with Gasteiger partial charge in [-0.05, 0) is 42.8 Å². The molecule has 4 nitrogen and oxygen atoms in total. The van der Waals surface area contributed by atoms with Crippen molar-refractivity contribution in [2.24, 2.45) is 0 Å². The standard InChI is InChI=1S/C17H14BrCl2NO3/c1-10(17(23)21-15-9-13(19)6-7-14(15)20)24-16(22)8-11-2-4-12(18)5-3-11/h2-7,9-10H,8H2,1H3,(H,21,23). The van der Waals surface area contributed by atoms with E-state index in [-0.39, 0.29) is 6.42 Å². The first kappa shape index (κ1) is 18.8. The second kappa shape index (κ2) is 8.51. The van der Waals surface area contributed by atoms with Gasteiger partial charge in [0, 0.05) is 9.50 Å². The highest BCUT2D eigenvalue weighted by Crippen LogP contribution is 2.25. The minimum absolute atomic E-state index is 0.0861. The van der Waals surface area contributed by atoms with Crippen molar-refractivity contribution < 1.29 is 14.3 Å². The van der Waals surface area contributed by atoms with E-state index in [4.69, 9.17) is 27.9 Å². The summed E-state index contributed by atoms with van der Waals surface area (Å²) in [5.41, 5.74) is 1.17. The minimum atomic E-state index is -0.956. The van der Waals surface area contributed by atoms with Gasteiger partial charge in [0.15, 0.2) is 6.10 Å². The van der Waals surface area contributed by atoms with Gasteiger partial charge in [-0.3, -0.25) is 9.59 Å². The van der Waals surface area contributed by atoms with Crippen LogP contribution in [0.25, 0.3) is 0 Å². The van der Waals surface area contributed by atoms with Crippen molar-refractivity contribution in [1.29, 1.82) is 0 Å². The van der Waals surface area contributed by atoms with Crippen LogP contribution in [0.5, 0.6) is 0 Å². The van der Waals surface area contributed by atoms with Crippen molar-refractivity contribution in [3.05, 3.63) is 62.5 Å². The lowest BCUT2D eigenvalue weighted by Gasteiger charge is -2.14. The number of carbonyl (C=O) groups excluding carboxylic acids is 2. The highest BCUT2D eigenvalue weighted by Gasteiger charge is 2.19. The van der Waals surface area contributed by atoms with E-state index in [1.165, 1.54) is 13.0 Å². The van der Waals surface area contributed by atoms with Gasteiger partial charge in [-0.1, -0.05) is 51.3 Å². The van der Waals surface area contributed by atoms with Gasteiger partial charge in [-0.2, -0.15) is 0 Å². The van der Waals surface area contributed by atoms with E-state index in [1.807, 2.05) is 24.3 Å². The Morgan fingerprint density at radius 1 is 1.17 bits per heavy atom. The van der Waals surface area contributed by atoms with Crippen molar-refractivity contribution in [3.8, 4) is 0 Å². The van der Waals surface area contributed by atoms with Crippen molar-refractivity contribution >= 4 is 56.7 Å². The fraction of sp³-hybridized carbons (Fsp3) is 0.176. The number of ether oxygens (including phenoxy) is 1. The molecule has 2 aromatic rings. The molecule has 0 aliphatic carbocycles. The van der Waals surface area contributed by atoms with E-state index in [0.29, 0.717) is 15.7 Å². The number of esters is 1. The second-order valence-electron chi connectivity index (χ2n) is 5.05. The highest BCUT2D eigenvalue weighted by atomic mass is 79.9. The topological polar surface area (TPSA) is 55.4 Å². The Kier molecular flexibility index (Phi) is 6.66. The van der Waals surface area contributed by atoms with E-state index >= 15 is 0 Å². The summed E-state index contributed by atoms with van der Waals surface area (Å²) in [7, 11) is 0. The van der Waals surface area contributed by atoms with E-state index in [0.717, 1.165) is 10.0 Å². The quantitative estimate of drug-likeness (QED) is 0.688. The largest absolute Gasteiger partial charge is 0.452 e. The molecule has 0 saturated carbocycles. The lowest BCUT2D eigenvalue weighted by Crippen LogP contribution is -2.30. The molecule has 0 aromatic heterocycles. The van der Waals surface area contributed by atoms with Crippen LogP contribution in [0.3, 0.4) is 0 Å². The Morgan fingerprint density at radius 3 is 2.50 bits per heavy atom. The van der Waals surface area contributed by atoms with Crippen LogP contribution >= 0.6 is 39.1 Å². The van der Waals surface area contributed by atoms with Crippen molar-refractivity contribution in [2.45, 2.75) is 19.4 Å². The Morgan fingerprint density at radius 2 is 1.83 bits per heavy atom. The number of amides is 1. The molecule has 0 heterocycles. The molecule has 0 fully saturated rings. The summed E-state index contributed by atoms with van der Waals surface area (Å²) < 4.78 is 6.07. The summed E-state index contributed by atoms with van der Waals surface area (Å²) in [5, 5.41) is 3.38. The molecule has 0 aliphatic rings. The van der Waals surface area contributed by atoms with Crippen molar-refractivity contribution in [3.63, 3.8) is 0 Å². The second-order valence-corrected chi connectivity index (χ2v) is 6.81. The summed E-state index contributed by atoms with van der Waals surface area (Å²) in [6, 6.07) is 12.0. The third-order valence-electron chi connectivity index (χ3n) is 3.13. The molecule has 0 aliphatic heterocycles. The van der Waals surface area contributed by atoms with E-state index in [1.54, 1.807) is 12.1 Å². The number of hydrogen-bond acceptors (Lipinski definition) is 3. The molecular weight excluding hydrogens is 417 g/mol. The minimum Gasteiger partial charge on any atom is -0.452 e. The number of nitrogens with one attached hydrogen (secondary N) is 1. The number of benzene rings is 2. The maximum Gasteiger partial charge on any atom is 0.311 e. The zero-order chi connectivity index (χ0) is 17.7. The van der Waals surface area contributed by atoms with Gasteiger partial charge in [0.2, 0.25) is 0 Å². The molecule has 126 valence electrons. The smallest absolute Gasteiger partial charge is 0.311 e. The zero-order valence-electron chi connectivity index (χ0n) is 12.7. The van der Waals surface area contributed by atoms with Crippen LogP contribution in [-0.4, -0.2) is 18.0 Å². The van der Waals surface area contributed by atoms with E-state index in [2.05, 4.69) is 21.2 Å². The molecule has 1 unspecified atom stereocenters. The average molecular weight is 431 g/mol. The summed E-state index contributed by atoms with van der Waals surface area (Å²) in [6.07, 6.45) is -0.869. The van der Waals surface area contributed by atoms with Crippen LogP contribution in [0.4, 0.5) is 5.69 Å². The molecule has 2 rings (SSSR count). The molecule has 7 heteroatoms. The molecule has 1 N–H and O–H groups in total. The van der Waals surface area contributed by atoms with Gasteiger partial charge >= 0.3 is 5.97 Å². The first-order valence-electron chi connectivity index (χ1n) is 7.05. The number of carbonyl (C=O) groups is 2. The van der Waals surface area contributed by atoms with Crippen LogP contribution in [0, 0.1) is 0 Å². The first-order chi connectivity index (χ1) is 11.3. The Hall–Kier alpha value is -1.56. The molecule has 1 amide bonds. The van der Waals surface area contributed by atoms with Gasteiger partial charge in [-0.15, -0.1) is 0 Å². The van der Waals surface area contributed by atoms with Gasteiger partial charge < -0.3 is 10.1 Å². The predicted molar refractivity (Wildman–Crippen MR) is 98.5 cm³/mol. The van der Waals surface area contributed by atoms with Gasteiger partial charge in [0.05, 0.1) is 17.1 Å². The summed E-state index contributed by atoms with van der Waals surface area (Å²) in [4.78, 5) is 24.0. The molecule has 1 atom stereocenters. The van der Waals surface area contributed by atoms with E-state index < -0.39 is 18.0 Å². The molecule has 24 heavy (non-hydrogen) atoms. The fourth-order valence-electron chi connectivity index (χ4n) is 1.89. The summed E-state index contributed by atoms with van der Waals surface area (Å²) in [5.74, 6) is -0.972. The molecule has 2 aromatic carbocycles. The summed E-state index contributed by atoms with van der Waals surface area (Å²) >= 11 is 15.2. The monoisotopic (exact) mass is 429 g/mol. The van der Waals surface area contributed by atoms with Crippen molar-refractivity contribution in [1.82, 2.24) is 0 Å². The molecule has 0 spiro atoms. The lowest BCUT2D eigenvalue weighted by molar-refractivity contribution is -0.152. The zero-order valence-corrected chi connectivity index (χ0v) is 15.8. The lowest BCUT2D eigenvalue weighted by atomic mass is 10.1. The first-order valence-corrected chi connectivity index (χ1v) is 8.60. The maximum atomic E-state index is 12.1. The average Bonchev–Trinajstić information content (AvgIpc) is 2.53. The predicted octanol–water partition coefficient (Wildman–Crippen LogP) is 4.87. The van der Waals surface area contributed by atoms with Gasteiger partial charge in [-0.25, -0.2) is 0 Å². The number of halogens is 3. The van der Waals surface area contributed by atoms with Crippen LogP contribution in [0.2, 0.25) is 10.0 Å². The van der Waals surface area contributed by atoms with Gasteiger partial charge in [0.25, 0.3) is 5.91 Å². The fourth-order valence-corrected chi connectivity index (χ4v) is 2.49. The van der Waals surface area contributed by atoms with Crippen molar-refractivity contribution in [2.75, 3.05) is 5.32 Å². The Balaban J connectivity index is 1.92. The summed E-state index contributed by atoms with van der Waals surface area (Å²) in [6.45, 7) is 1.49. The maximum absolute atomic E-state index is 12.1. The normalized spacial score (nSPS) is 11.7. The van der Waals surface area contributed by atoms with Crippen LogP contribution < -0.4 is 5.32 Å². The molecule has 0 saturated heterocycles. The molecular formula is C17H14BrCl2NO3. The van der Waals surface area contributed by atoms with Gasteiger partial charge in [0.1, 0.15) is 0 Å². The number of hydrogen-bond donors (Lipinski definition) is 1. The molecule has 0 radical (unpaired) electrons. The van der Waals surface area contributed by atoms with Crippen LogP contribution in [0.15, 0.2) is 46.9 Å². The number of anilines is 1. The van der Waals surface area contributed by atoms with Crippen LogP contribution in [0.1, 0.15) is 12.5 Å². The molecule has 0 bridgehead atoms. The Bertz CT molecular complexity index is 750. The SMILES string of the molecule is CC(OC(=O)Cc1ccc(Br)cc1)C(=O)Nc1cc(Cl)ccc1Cl. The Labute approximate surface area is 158 Å². The van der Waals surface area contributed by atoms with Crippen LogP contribution in [-0.2, 0) is 20.7 Å². The highest BCUT2D eigenvalue weighted by molar-refractivity contribution is 9.10. The third-order valence-corrected chi connectivity index (χ3v) is 4.22. The van der Waals surface area contributed by atoms with E-state index in [9.17, 15) is 9.59 Å². The number of rotatable bonds is 5. The third kappa shape index (κ3) is 5.51.